The second-order valence-corrected chi connectivity index (χ2v) is 10.6. The lowest BCUT2D eigenvalue weighted by atomic mass is 10.1. The third-order valence-electron chi connectivity index (χ3n) is 4.42. The lowest BCUT2D eigenvalue weighted by Gasteiger charge is -2.21. The summed E-state index contributed by atoms with van der Waals surface area (Å²) >= 11 is 0. The Morgan fingerprint density at radius 1 is 0.844 bits per heavy atom. The minimum Gasteiger partial charge on any atom is -0.748 e. The molecule has 0 unspecified atom stereocenters. The van der Waals surface area contributed by atoms with Crippen LogP contribution in [0.15, 0.2) is 12.2 Å². The van der Waals surface area contributed by atoms with E-state index in [1.165, 1.54) is 70.6 Å². The first kappa shape index (κ1) is 35.6. The topological polar surface area (TPSA) is 115 Å². The van der Waals surface area contributed by atoms with Crippen LogP contribution in [0.25, 0.3) is 0 Å². The molecular weight excluding hydrogens is 430 g/mol. The first-order valence-electron chi connectivity index (χ1n) is 12.0. The van der Waals surface area contributed by atoms with Crippen molar-refractivity contribution in [3.8, 4) is 0 Å². The summed E-state index contributed by atoms with van der Waals surface area (Å²) < 4.78 is 28.1. The Labute approximate surface area is 198 Å². The van der Waals surface area contributed by atoms with Crippen LogP contribution in [0.4, 0.5) is 0 Å². The van der Waals surface area contributed by atoms with Crippen LogP contribution in [-0.2, 0) is 14.9 Å². The van der Waals surface area contributed by atoms with E-state index in [-0.39, 0.29) is 6.61 Å². The lowest BCUT2D eigenvalue weighted by Crippen LogP contribution is -2.36. The summed E-state index contributed by atoms with van der Waals surface area (Å²) in [6.07, 6.45) is 21.8. The van der Waals surface area contributed by atoms with E-state index in [9.17, 15) is 4.79 Å². The van der Waals surface area contributed by atoms with Crippen LogP contribution in [0.2, 0.25) is 0 Å². The molecule has 0 aliphatic rings. The summed E-state index contributed by atoms with van der Waals surface area (Å²) in [4.78, 5) is 10.3. The molecule has 0 saturated heterocycles. The minimum absolute atomic E-state index is 0.281. The third-order valence-corrected chi connectivity index (χ3v) is 4.42. The highest BCUT2D eigenvalue weighted by Gasteiger charge is 2.02. The number of aliphatic hydroxyl groups is 1. The summed E-state index contributed by atoms with van der Waals surface area (Å²) in [6.45, 7) is 3.37. The number of allylic oxidation sites excluding steroid dienone is 2. The number of carboxylic acids is 1. The molecule has 0 heterocycles. The summed E-state index contributed by atoms with van der Waals surface area (Å²) in [5.41, 5.74) is 0. The van der Waals surface area contributed by atoms with Crippen molar-refractivity contribution in [3.63, 3.8) is 0 Å². The number of hydrogen-bond donors (Lipinski definition) is 2. The number of carbonyl (C=O) groups is 1. The van der Waals surface area contributed by atoms with Crippen LogP contribution in [0.1, 0.15) is 96.8 Å². The van der Waals surface area contributed by atoms with Crippen molar-refractivity contribution in [2.75, 3.05) is 40.6 Å². The fourth-order valence-electron chi connectivity index (χ4n) is 2.65. The molecule has 0 atom stereocenters. The van der Waals surface area contributed by atoms with Crippen molar-refractivity contribution >= 4 is 16.1 Å². The van der Waals surface area contributed by atoms with Gasteiger partial charge in [-0.3, -0.25) is 4.79 Å². The van der Waals surface area contributed by atoms with Gasteiger partial charge < -0.3 is 19.2 Å². The average molecular weight is 482 g/mol. The largest absolute Gasteiger partial charge is 0.748 e. The monoisotopic (exact) mass is 481 g/mol. The molecule has 0 radical (unpaired) electrons. The first-order valence-corrected chi connectivity index (χ1v) is 13.8. The van der Waals surface area contributed by atoms with E-state index in [2.05, 4.69) is 40.2 Å². The zero-order valence-corrected chi connectivity index (χ0v) is 22.2. The molecule has 0 aromatic carbocycles. The van der Waals surface area contributed by atoms with E-state index >= 15 is 0 Å². The molecule has 0 aromatic rings. The van der Waals surface area contributed by atoms with E-state index in [1.54, 1.807) is 0 Å². The minimum atomic E-state index is -3.92. The lowest BCUT2D eigenvalue weighted by molar-refractivity contribution is -0.870. The number of hydrogen-bond acceptors (Lipinski definition) is 5. The molecule has 32 heavy (non-hydrogen) atoms. The number of unbranched alkanes of at least 4 members (excludes halogenated alkanes) is 11. The van der Waals surface area contributed by atoms with E-state index in [0.717, 1.165) is 23.9 Å². The van der Waals surface area contributed by atoms with Crippen molar-refractivity contribution in [1.29, 1.82) is 0 Å². The van der Waals surface area contributed by atoms with Crippen LogP contribution >= 0.6 is 0 Å². The highest BCUT2D eigenvalue weighted by Crippen LogP contribution is 2.09. The maximum Gasteiger partial charge on any atom is 0.303 e. The van der Waals surface area contributed by atoms with Crippen LogP contribution in [0.3, 0.4) is 0 Å². The Balaban J connectivity index is -0.000000572. The molecule has 0 saturated carbocycles. The zero-order chi connectivity index (χ0) is 25.3. The number of aliphatic hydroxyl groups excluding tert-OH is 1. The highest BCUT2D eigenvalue weighted by atomic mass is 32.2. The molecule has 0 aromatic heterocycles. The van der Waals surface area contributed by atoms with Gasteiger partial charge in [0.25, 0.3) is 0 Å². The summed E-state index contributed by atoms with van der Waals surface area (Å²) in [5, 5.41) is 16.9. The van der Waals surface area contributed by atoms with Crippen LogP contribution < -0.4 is 0 Å². The second-order valence-electron chi connectivity index (χ2n) is 9.17. The molecule has 8 heteroatoms. The van der Waals surface area contributed by atoms with Crippen molar-refractivity contribution in [2.45, 2.75) is 96.8 Å². The Hall–Kier alpha value is -0.960. The Morgan fingerprint density at radius 3 is 1.53 bits per heavy atom. The normalized spacial score (nSPS) is 11.5. The Kier molecular flexibility index (Phi) is 27.5. The summed E-state index contributed by atoms with van der Waals surface area (Å²) in [6, 6.07) is 0. The number of quaternary nitrogens is 1. The second kappa shape index (κ2) is 24.7. The summed E-state index contributed by atoms with van der Waals surface area (Å²) in [5.74, 6) is -0.664. The van der Waals surface area contributed by atoms with Gasteiger partial charge in [-0.05, 0) is 32.1 Å². The first-order chi connectivity index (χ1) is 14.8. The molecular formula is C24H51NO6S. The van der Waals surface area contributed by atoms with Gasteiger partial charge in [0.2, 0.25) is 0 Å². The summed E-state index contributed by atoms with van der Waals surface area (Å²) in [7, 11) is 2.24. The number of aliphatic carboxylic acids is 1. The Bertz CT molecular complexity index is 519. The van der Waals surface area contributed by atoms with Crippen LogP contribution in [-0.4, -0.2) is 74.2 Å². The maximum atomic E-state index is 10.3. The molecule has 7 nitrogen and oxygen atoms in total. The number of rotatable bonds is 17. The maximum absolute atomic E-state index is 10.3. The van der Waals surface area contributed by atoms with Crippen molar-refractivity contribution in [2.24, 2.45) is 0 Å². The molecule has 2 N–H and O–H groups in total. The highest BCUT2D eigenvalue weighted by molar-refractivity contribution is 7.84. The van der Waals surface area contributed by atoms with E-state index in [0.29, 0.717) is 12.7 Å². The van der Waals surface area contributed by atoms with Gasteiger partial charge in [0.1, 0.15) is 6.54 Å². The van der Waals surface area contributed by atoms with Gasteiger partial charge in [0, 0.05) is 12.7 Å². The van der Waals surface area contributed by atoms with Gasteiger partial charge in [-0.15, -0.1) is 0 Å². The number of nitrogens with zero attached hydrogens (tertiary/aromatic N) is 1. The van der Waals surface area contributed by atoms with Crippen molar-refractivity contribution in [3.05, 3.63) is 12.2 Å². The standard InChI is InChI=1S/C18H34O2.C5H14NO.CH4O3S/c1-2-3-4-5-6-7-8-9-10-11-12-13-14-15-16-17-18(19)20;1-6(2,3)4-5-7;1-5(2,3)4/h9-10H,2-8,11-17H2,1H3,(H,19,20);7H,4-5H2,1-3H3;1H3,(H,2,3,4)/q;+1;/p-1/b10-9+;;. The van der Waals surface area contributed by atoms with E-state index < -0.39 is 16.1 Å². The number of likely N-dealkylation sites (N-methyl/N-ethyl adjacent to an activating group) is 1. The predicted molar refractivity (Wildman–Crippen MR) is 133 cm³/mol. The fourth-order valence-corrected chi connectivity index (χ4v) is 2.65. The fraction of sp³-hybridized carbons (Fsp3) is 0.875. The van der Waals surface area contributed by atoms with Crippen LogP contribution in [0, 0.1) is 0 Å². The smallest absolute Gasteiger partial charge is 0.303 e. The van der Waals surface area contributed by atoms with Gasteiger partial charge in [0.15, 0.2) is 0 Å². The molecule has 0 bridgehead atoms. The molecule has 194 valence electrons. The van der Waals surface area contributed by atoms with Crippen molar-refractivity contribution < 1.29 is 32.5 Å². The Morgan fingerprint density at radius 2 is 1.22 bits per heavy atom. The molecule has 0 aliphatic carbocycles. The van der Waals surface area contributed by atoms with E-state index in [4.69, 9.17) is 23.2 Å². The van der Waals surface area contributed by atoms with Gasteiger partial charge in [-0.25, -0.2) is 8.42 Å². The van der Waals surface area contributed by atoms with Gasteiger partial charge in [-0.2, -0.15) is 0 Å². The molecule has 0 rings (SSSR count). The SMILES string of the molecule is CCCCCCCC/C=C/CCCCCCCC(=O)O.CS(=O)(=O)[O-].C[N+](C)(C)CCO. The zero-order valence-electron chi connectivity index (χ0n) is 21.4. The van der Waals surface area contributed by atoms with Gasteiger partial charge in [-0.1, -0.05) is 70.4 Å². The van der Waals surface area contributed by atoms with Crippen molar-refractivity contribution in [1.82, 2.24) is 0 Å². The third kappa shape index (κ3) is 56.9. The van der Waals surface area contributed by atoms with Crippen LogP contribution in [0.5, 0.6) is 0 Å². The molecule has 0 amide bonds. The molecule has 0 spiro atoms. The molecule has 0 aliphatic heterocycles. The quantitative estimate of drug-likeness (QED) is 0.131. The van der Waals surface area contributed by atoms with Gasteiger partial charge >= 0.3 is 5.97 Å². The predicted octanol–water partition coefficient (Wildman–Crippen LogP) is 4.95. The average Bonchev–Trinajstić information content (AvgIpc) is 2.63. The number of carboxylic acid groups (broad SMARTS) is 1. The van der Waals surface area contributed by atoms with Gasteiger partial charge in [0.05, 0.1) is 37.9 Å². The van der Waals surface area contributed by atoms with E-state index in [1.807, 2.05) is 0 Å². The molecule has 0 fully saturated rings.